The summed E-state index contributed by atoms with van der Waals surface area (Å²) in [5, 5.41) is 0. The van der Waals surface area contributed by atoms with Crippen LogP contribution in [-0.4, -0.2) is 54.2 Å². The summed E-state index contributed by atoms with van der Waals surface area (Å²) in [6.07, 6.45) is 2.34. The molecule has 0 radical (unpaired) electrons. The van der Waals surface area contributed by atoms with Gasteiger partial charge in [-0.1, -0.05) is 0 Å². The van der Waals surface area contributed by atoms with Gasteiger partial charge in [0.1, 0.15) is 5.60 Å². The fourth-order valence-electron chi connectivity index (χ4n) is 2.88. The van der Waals surface area contributed by atoms with Crippen LogP contribution >= 0.6 is 0 Å². The highest BCUT2D eigenvalue weighted by molar-refractivity contribution is 5.68. The molecular formula is C13H24N2O2. The molecule has 0 aliphatic carbocycles. The van der Waals surface area contributed by atoms with Gasteiger partial charge in [-0.05, 0) is 53.1 Å². The molecule has 2 atom stereocenters. The molecule has 2 fully saturated rings. The van der Waals surface area contributed by atoms with E-state index in [0.29, 0.717) is 12.0 Å². The average molecular weight is 240 g/mol. The Morgan fingerprint density at radius 3 is 2.59 bits per heavy atom. The Bertz CT molecular complexity index is 298. The van der Waals surface area contributed by atoms with Crippen LogP contribution in [0.1, 0.15) is 33.6 Å². The lowest BCUT2D eigenvalue weighted by Gasteiger charge is -2.33. The maximum atomic E-state index is 12.0. The summed E-state index contributed by atoms with van der Waals surface area (Å²) in [5.41, 5.74) is -0.392. The van der Waals surface area contributed by atoms with E-state index >= 15 is 0 Å². The predicted molar refractivity (Wildman–Crippen MR) is 66.9 cm³/mol. The van der Waals surface area contributed by atoms with E-state index in [2.05, 4.69) is 11.9 Å². The number of hydrogen-bond acceptors (Lipinski definition) is 3. The topological polar surface area (TPSA) is 32.8 Å². The molecule has 2 heterocycles. The van der Waals surface area contributed by atoms with Crippen LogP contribution in [0.25, 0.3) is 0 Å². The first-order chi connectivity index (χ1) is 7.87. The number of amides is 1. The van der Waals surface area contributed by atoms with Crippen molar-refractivity contribution in [3.05, 3.63) is 0 Å². The van der Waals surface area contributed by atoms with Crippen LogP contribution in [0, 0.1) is 5.92 Å². The third-order valence-electron chi connectivity index (χ3n) is 3.71. The Morgan fingerprint density at radius 2 is 2.00 bits per heavy atom. The van der Waals surface area contributed by atoms with Gasteiger partial charge in [0.2, 0.25) is 0 Å². The molecule has 2 rings (SSSR count). The third kappa shape index (κ3) is 2.92. The second-order valence-electron chi connectivity index (χ2n) is 6.34. The maximum absolute atomic E-state index is 12.0. The second-order valence-corrected chi connectivity index (χ2v) is 6.34. The van der Waals surface area contributed by atoms with Gasteiger partial charge in [0.25, 0.3) is 0 Å². The van der Waals surface area contributed by atoms with Crippen molar-refractivity contribution in [1.29, 1.82) is 0 Å². The van der Waals surface area contributed by atoms with E-state index in [-0.39, 0.29) is 6.09 Å². The molecule has 0 unspecified atom stereocenters. The highest BCUT2D eigenvalue weighted by Crippen LogP contribution is 2.30. The number of carbonyl (C=O) groups is 1. The van der Waals surface area contributed by atoms with Gasteiger partial charge in [0, 0.05) is 19.1 Å². The normalized spacial score (nSPS) is 30.2. The number of rotatable bonds is 0. The van der Waals surface area contributed by atoms with E-state index in [1.54, 1.807) is 0 Å². The van der Waals surface area contributed by atoms with E-state index in [1.807, 2.05) is 25.7 Å². The highest BCUT2D eigenvalue weighted by atomic mass is 16.6. The van der Waals surface area contributed by atoms with Gasteiger partial charge < -0.3 is 14.5 Å². The number of carbonyl (C=O) groups excluding carboxylic acids is 1. The number of nitrogens with zero attached hydrogens (tertiary/aromatic N) is 2. The van der Waals surface area contributed by atoms with E-state index in [4.69, 9.17) is 4.74 Å². The number of likely N-dealkylation sites (N-methyl/N-ethyl adjacent to an activating group) is 1. The summed E-state index contributed by atoms with van der Waals surface area (Å²) in [6.45, 7) is 8.60. The standard InChI is InChI=1S/C13H24N2O2/c1-13(2,3)17-12(16)15-8-10-6-5-7-14(4)11(10)9-15/h10-11H,5-9H2,1-4H3/t10-,11+/m1/s1. The molecule has 4 nitrogen and oxygen atoms in total. The lowest BCUT2D eigenvalue weighted by molar-refractivity contribution is 0.0282. The van der Waals surface area contributed by atoms with E-state index in [0.717, 1.165) is 19.6 Å². The molecule has 2 aliphatic rings. The third-order valence-corrected chi connectivity index (χ3v) is 3.71. The quantitative estimate of drug-likeness (QED) is 0.649. The monoisotopic (exact) mass is 240 g/mol. The molecule has 0 N–H and O–H groups in total. The fraction of sp³-hybridized carbons (Fsp3) is 0.923. The van der Waals surface area contributed by atoms with Crippen LogP contribution in [0.15, 0.2) is 0 Å². The zero-order valence-electron chi connectivity index (χ0n) is 11.4. The molecule has 17 heavy (non-hydrogen) atoms. The number of fused-ring (bicyclic) bond motifs is 1. The molecule has 0 aromatic rings. The molecule has 0 spiro atoms. The van der Waals surface area contributed by atoms with E-state index in [1.165, 1.54) is 12.8 Å². The van der Waals surface area contributed by atoms with Gasteiger partial charge in [-0.2, -0.15) is 0 Å². The number of piperidine rings is 1. The first kappa shape index (κ1) is 12.7. The summed E-state index contributed by atoms with van der Waals surface area (Å²) in [4.78, 5) is 16.3. The SMILES string of the molecule is CN1CCC[C@@H]2CN(C(=O)OC(C)(C)C)C[C@@H]21. The molecule has 4 heteroatoms. The Balaban J connectivity index is 1.95. The fourth-order valence-corrected chi connectivity index (χ4v) is 2.88. The molecule has 0 aromatic heterocycles. The Hall–Kier alpha value is -0.770. The molecule has 1 amide bonds. The van der Waals surface area contributed by atoms with Crippen molar-refractivity contribution in [2.75, 3.05) is 26.7 Å². The Morgan fingerprint density at radius 1 is 1.29 bits per heavy atom. The van der Waals surface area contributed by atoms with Crippen LogP contribution in [-0.2, 0) is 4.74 Å². The second kappa shape index (κ2) is 4.48. The van der Waals surface area contributed by atoms with Crippen molar-refractivity contribution in [3.63, 3.8) is 0 Å². The smallest absolute Gasteiger partial charge is 0.410 e. The molecule has 0 saturated carbocycles. The van der Waals surface area contributed by atoms with Gasteiger partial charge in [-0.25, -0.2) is 4.79 Å². The van der Waals surface area contributed by atoms with E-state index < -0.39 is 5.60 Å². The van der Waals surface area contributed by atoms with Crippen LogP contribution in [0.5, 0.6) is 0 Å². The molecule has 98 valence electrons. The van der Waals surface area contributed by atoms with Gasteiger partial charge in [0.05, 0.1) is 0 Å². The number of hydrogen-bond donors (Lipinski definition) is 0. The summed E-state index contributed by atoms with van der Waals surface area (Å²) >= 11 is 0. The highest BCUT2D eigenvalue weighted by Gasteiger charge is 2.40. The average Bonchev–Trinajstić information content (AvgIpc) is 2.60. The lowest BCUT2D eigenvalue weighted by atomic mass is 9.93. The van der Waals surface area contributed by atoms with Crippen LogP contribution < -0.4 is 0 Å². The predicted octanol–water partition coefficient (Wildman–Crippen LogP) is 1.95. The van der Waals surface area contributed by atoms with Crippen molar-refractivity contribution in [2.24, 2.45) is 5.92 Å². The van der Waals surface area contributed by atoms with Gasteiger partial charge in [-0.15, -0.1) is 0 Å². The molecular weight excluding hydrogens is 216 g/mol. The molecule has 2 saturated heterocycles. The molecule has 0 bridgehead atoms. The van der Waals surface area contributed by atoms with Crippen LogP contribution in [0.2, 0.25) is 0 Å². The summed E-state index contributed by atoms with van der Waals surface area (Å²) in [7, 11) is 2.16. The maximum Gasteiger partial charge on any atom is 0.410 e. The van der Waals surface area contributed by atoms with Crippen molar-refractivity contribution in [1.82, 2.24) is 9.80 Å². The van der Waals surface area contributed by atoms with Crippen LogP contribution in [0.4, 0.5) is 4.79 Å². The number of ether oxygens (including phenoxy) is 1. The lowest BCUT2D eigenvalue weighted by Crippen LogP contribution is -2.42. The van der Waals surface area contributed by atoms with Crippen molar-refractivity contribution >= 4 is 6.09 Å². The van der Waals surface area contributed by atoms with Crippen molar-refractivity contribution in [2.45, 2.75) is 45.3 Å². The van der Waals surface area contributed by atoms with Gasteiger partial charge in [-0.3, -0.25) is 0 Å². The van der Waals surface area contributed by atoms with Crippen molar-refractivity contribution < 1.29 is 9.53 Å². The molecule has 2 aliphatic heterocycles. The zero-order valence-corrected chi connectivity index (χ0v) is 11.4. The largest absolute Gasteiger partial charge is 0.444 e. The summed E-state index contributed by atoms with van der Waals surface area (Å²) in [5.74, 6) is 0.640. The van der Waals surface area contributed by atoms with Gasteiger partial charge in [0.15, 0.2) is 0 Å². The minimum Gasteiger partial charge on any atom is -0.444 e. The van der Waals surface area contributed by atoms with E-state index in [9.17, 15) is 4.79 Å². The van der Waals surface area contributed by atoms with Crippen LogP contribution in [0.3, 0.4) is 0 Å². The molecule has 0 aromatic carbocycles. The Labute approximate surface area is 104 Å². The minimum atomic E-state index is -0.392. The van der Waals surface area contributed by atoms with Gasteiger partial charge >= 0.3 is 6.09 Å². The van der Waals surface area contributed by atoms with Crippen molar-refractivity contribution in [3.8, 4) is 0 Å². The summed E-state index contributed by atoms with van der Waals surface area (Å²) < 4.78 is 5.43. The zero-order chi connectivity index (χ0) is 12.6. The number of likely N-dealkylation sites (tertiary alicyclic amines) is 2. The first-order valence-electron chi connectivity index (χ1n) is 6.55. The minimum absolute atomic E-state index is 0.152. The summed E-state index contributed by atoms with van der Waals surface area (Å²) in [6, 6.07) is 0.538. The first-order valence-corrected chi connectivity index (χ1v) is 6.55. The Kier molecular flexibility index (Phi) is 3.34.